The van der Waals surface area contributed by atoms with E-state index >= 15 is 0 Å². The highest BCUT2D eigenvalue weighted by Crippen LogP contribution is 2.30. The summed E-state index contributed by atoms with van der Waals surface area (Å²) >= 11 is 0. The van der Waals surface area contributed by atoms with E-state index in [0.29, 0.717) is 17.9 Å². The van der Waals surface area contributed by atoms with Crippen molar-refractivity contribution in [2.24, 2.45) is 0 Å². The summed E-state index contributed by atoms with van der Waals surface area (Å²) in [5, 5.41) is 2.96. The molecular weight excluding hydrogens is 388 g/mol. The van der Waals surface area contributed by atoms with Crippen molar-refractivity contribution >= 4 is 23.2 Å². The Morgan fingerprint density at radius 2 is 1.87 bits per heavy atom. The first-order valence-electron chi connectivity index (χ1n) is 10.5. The zero-order valence-corrected chi connectivity index (χ0v) is 17.9. The van der Waals surface area contributed by atoms with Gasteiger partial charge in [0.05, 0.1) is 0 Å². The number of fused-ring (bicyclic) bond motifs is 1. The number of aryl methyl sites for hydroxylation is 2. The van der Waals surface area contributed by atoms with Crippen LogP contribution < -0.4 is 15.0 Å². The predicted octanol–water partition coefficient (Wildman–Crippen LogP) is 5.13. The highest BCUT2D eigenvalue weighted by atomic mass is 16.5. The number of hydrogen-bond donors (Lipinski definition) is 1. The Morgan fingerprint density at radius 1 is 1.03 bits per heavy atom. The molecule has 0 spiro atoms. The van der Waals surface area contributed by atoms with Crippen LogP contribution in [0.25, 0.3) is 0 Å². The van der Waals surface area contributed by atoms with Crippen molar-refractivity contribution in [3.63, 3.8) is 0 Å². The van der Waals surface area contributed by atoms with Crippen LogP contribution >= 0.6 is 0 Å². The minimum absolute atomic E-state index is 0.0419. The number of nitrogens with one attached hydrogen (secondary N) is 1. The van der Waals surface area contributed by atoms with E-state index in [0.717, 1.165) is 41.9 Å². The van der Waals surface area contributed by atoms with Crippen LogP contribution in [0.4, 0.5) is 11.4 Å². The van der Waals surface area contributed by atoms with Gasteiger partial charge in [0.25, 0.3) is 5.91 Å². The zero-order valence-electron chi connectivity index (χ0n) is 17.9. The van der Waals surface area contributed by atoms with Crippen molar-refractivity contribution in [3.8, 4) is 5.75 Å². The van der Waals surface area contributed by atoms with E-state index in [9.17, 15) is 9.59 Å². The number of carbonyl (C=O) groups excluding carboxylic acids is 2. The smallest absolute Gasteiger partial charge is 0.255 e. The lowest BCUT2D eigenvalue weighted by Crippen LogP contribution is -2.33. The molecule has 4 rings (SSSR count). The average Bonchev–Trinajstić information content (AvgIpc) is 2.77. The summed E-state index contributed by atoms with van der Waals surface area (Å²) in [7, 11) is 0. The highest BCUT2D eigenvalue weighted by Gasteiger charge is 2.20. The lowest BCUT2D eigenvalue weighted by molar-refractivity contribution is -0.116. The van der Waals surface area contributed by atoms with Gasteiger partial charge in [-0.3, -0.25) is 9.59 Å². The predicted molar refractivity (Wildman–Crippen MR) is 123 cm³/mol. The minimum atomic E-state index is -0.194. The highest BCUT2D eigenvalue weighted by molar-refractivity contribution is 6.04. The van der Waals surface area contributed by atoms with E-state index in [1.165, 1.54) is 5.56 Å². The molecule has 2 amide bonds. The molecule has 1 aliphatic heterocycles. The Bertz CT molecular complexity index is 1120. The molecule has 3 aromatic carbocycles. The Kier molecular flexibility index (Phi) is 6.03. The number of nitrogens with zero attached hydrogens (tertiary/aromatic N) is 1. The number of hydrogen-bond acceptors (Lipinski definition) is 3. The van der Waals surface area contributed by atoms with Crippen LogP contribution in [0.3, 0.4) is 0 Å². The molecule has 3 aromatic rings. The molecule has 0 radical (unpaired) electrons. The standard InChI is InChI=1S/C26H26N2O3/c1-18-6-3-7-20(14-18)17-31-24-10-4-8-22(16-24)26(30)27-23-11-12-25-21(15-23)9-5-13-28(25)19(2)29/h3-4,6-8,10-12,14-16H,5,9,13,17H2,1-2H3,(H,27,30). The van der Waals surface area contributed by atoms with Crippen LogP contribution in [-0.4, -0.2) is 18.4 Å². The summed E-state index contributed by atoms with van der Waals surface area (Å²) in [6.07, 6.45) is 1.81. The fraction of sp³-hybridized carbons (Fsp3) is 0.231. The zero-order chi connectivity index (χ0) is 21.8. The van der Waals surface area contributed by atoms with Gasteiger partial charge in [-0.1, -0.05) is 35.9 Å². The number of benzene rings is 3. The van der Waals surface area contributed by atoms with Crippen molar-refractivity contribution in [2.45, 2.75) is 33.3 Å². The van der Waals surface area contributed by atoms with Gasteiger partial charge in [0, 0.05) is 30.4 Å². The molecule has 31 heavy (non-hydrogen) atoms. The van der Waals surface area contributed by atoms with Crippen LogP contribution in [-0.2, 0) is 17.8 Å². The SMILES string of the molecule is CC(=O)N1CCCc2cc(NC(=O)c3cccc(OCc4cccc(C)c4)c3)ccc21. The maximum atomic E-state index is 12.8. The van der Waals surface area contributed by atoms with Crippen LogP contribution in [0.1, 0.15) is 40.4 Å². The second kappa shape index (κ2) is 9.04. The lowest BCUT2D eigenvalue weighted by Gasteiger charge is -2.29. The maximum Gasteiger partial charge on any atom is 0.255 e. The topological polar surface area (TPSA) is 58.6 Å². The summed E-state index contributed by atoms with van der Waals surface area (Å²) in [4.78, 5) is 26.4. The van der Waals surface area contributed by atoms with Crippen LogP contribution in [0.2, 0.25) is 0 Å². The number of rotatable bonds is 5. The molecule has 0 unspecified atom stereocenters. The Hall–Kier alpha value is -3.60. The van der Waals surface area contributed by atoms with E-state index in [1.54, 1.807) is 24.0 Å². The van der Waals surface area contributed by atoms with Crippen molar-refractivity contribution in [1.29, 1.82) is 0 Å². The van der Waals surface area contributed by atoms with Gasteiger partial charge >= 0.3 is 0 Å². The molecular formula is C26H26N2O3. The van der Waals surface area contributed by atoms with Crippen molar-refractivity contribution < 1.29 is 14.3 Å². The molecule has 0 aromatic heterocycles. The molecule has 5 heteroatoms. The van der Waals surface area contributed by atoms with Gasteiger partial charge in [0.15, 0.2) is 0 Å². The second-order valence-electron chi connectivity index (χ2n) is 7.88. The molecule has 1 heterocycles. The molecule has 0 aliphatic carbocycles. The third-order valence-corrected chi connectivity index (χ3v) is 5.42. The van der Waals surface area contributed by atoms with Crippen molar-refractivity contribution in [3.05, 3.63) is 89.0 Å². The molecule has 1 aliphatic rings. The number of amides is 2. The Morgan fingerprint density at radius 3 is 2.68 bits per heavy atom. The second-order valence-corrected chi connectivity index (χ2v) is 7.88. The fourth-order valence-corrected chi connectivity index (χ4v) is 3.90. The molecule has 0 saturated heterocycles. The van der Waals surface area contributed by atoms with E-state index in [4.69, 9.17) is 4.74 Å². The summed E-state index contributed by atoms with van der Waals surface area (Å²) in [5.41, 5.74) is 5.54. The average molecular weight is 415 g/mol. The molecule has 0 saturated carbocycles. The van der Waals surface area contributed by atoms with E-state index < -0.39 is 0 Å². The number of ether oxygens (including phenoxy) is 1. The van der Waals surface area contributed by atoms with Crippen LogP contribution in [0.5, 0.6) is 5.75 Å². The summed E-state index contributed by atoms with van der Waals surface area (Å²) in [5.74, 6) is 0.497. The quantitative estimate of drug-likeness (QED) is 0.630. The van der Waals surface area contributed by atoms with Crippen LogP contribution in [0.15, 0.2) is 66.7 Å². The Balaban J connectivity index is 1.44. The maximum absolute atomic E-state index is 12.8. The fourth-order valence-electron chi connectivity index (χ4n) is 3.90. The van der Waals surface area contributed by atoms with E-state index in [1.807, 2.05) is 55.5 Å². The number of carbonyl (C=O) groups is 2. The van der Waals surface area contributed by atoms with Crippen molar-refractivity contribution in [1.82, 2.24) is 0 Å². The summed E-state index contributed by atoms with van der Waals surface area (Å²) in [6, 6.07) is 21.1. The summed E-state index contributed by atoms with van der Waals surface area (Å²) < 4.78 is 5.88. The molecule has 0 atom stereocenters. The van der Waals surface area contributed by atoms with Gasteiger partial charge in [0.1, 0.15) is 12.4 Å². The van der Waals surface area contributed by atoms with Gasteiger partial charge < -0.3 is 15.0 Å². The first-order valence-corrected chi connectivity index (χ1v) is 10.5. The lowest BCUT2D eigenvalue weighted by atomic mass is 10.0. The van der Waals surface area contributed by atoms with Crippen molar-refractivity contribution in [2.75, 3.05) is 16.8 Å². The number of anilines is 2. The van der Waals surface area contributed by atoms with Gasteiger partial charge in [-0.15, -0.1) is 0 Å². The van der Waals surface area contributed by atoms with E-state index in [-0.39, 0.29) is 11.8 Å². The van der Waals surface area contributed by atoms with E-state index in [2.05, 4.69) is 11.4 Å². The molecule has 0 bridgehead atoms. The molecule has 1 N–H and O–H groups in total. The third-order valence-electron chi connectivity index (χ3n) is 5.42. The van der Waals surface area contributed by atoms with Gasteiger partial charge in [-0.2, -0.15) is 0 Å². The molecule has 158 valence electrons. The molecule has 5 nitrogen and oxygen atoms in total. The van der Waals surface area contributed by atoms with Gasteiger partial charge in [0.2, 0.25) is 5.91 Å². The van der Waals surface area contributed by atoms with Gasteiger partial charge in [-0.05, 0) is 67.3 Å². The third kappa shape index (κ3) is 4.94. The first kappa shape index (κ1) is 20.7. The minimum Gasteiger partial charge on any atom is -0.489 e. The first-order chi connectivity index (χ1) is 15.0. The molecule has 0 fully saturated rings. The largest absolute Gasteiger partial charge is 0.489 e. The Labute approximate surface area is 182 Å². The van der Waals surface area contributed by atoms with Crippen LogP contribution in [0, 0.1) is 6.92 Å². The van der Waals surface area contributed by atoms with Gasteiger partial charge in [-0.25, -0.2) is 0 Å². The summed E-state index contributed by atoms with van der Waals surface area (Å²) in [6.45, 7) is 4.82. The monoisotopic (exact) mass is 414 g/mol. The normalized spacial score (nSPS) is 12.8.